The van der Waals surface area contributed by atoms with Gasteiger partial charge in [0.1, 0.15) is 5.69 Å². The minimum Gasteiger partial charge on any atom is -0.477 e. The van der Waals surface area contributed by atoms with Crippen molar-refractivity contribution >= 4 is 47.1 Å². The molecule has 12 heteroatoms. The van der Waals surface area contributed by atoms with Gasteiger partial charge in [0.25, 0.3) is 0 Å². The van der Waals surface area contributed by atoms with Crippen LogP contribution in [-0.2, 0) is 30.3 Å². The molecule has 0 bridgehead atoms. The van der Waals surface area contributed by atoms with Crippen LogP contribution in [0.3, 0.4) is 0 Å². The van der Waals surface area contributed by atoms with Gasteiger partial charge in [-0.15, -0.1) is 0 Å². The van der Waals surface area contributed by atoms with Crippen molar-refractivity contribution in [3.05, 3.63) is 51.3 Å². The topological polar surface area (TPSA) is 134 Å². The number of carbonyl (C=O) groups is 4. The van der Waals surface area contributed by atoms with Crippen LogP contribution < -0.4 is 0 Å². The summed E-state index contributed by atoms with van der Waals surface area (Å²) < 4.78 is 14.9. The zero-order valence-electron chi connectivity index (χ0n) is 15.0. The lowest BCUT2D eigenvalue weighted by molar-refractivity contribution is -0.242. The van der Waals surface area contributed by atoms with E-state index in [0.717, 1.165) is 24.6 Å². The van der Waals surface area contributed by atoms with Gasteiger partial charge in [-0.1, -0.05) is 29.3 Å². The van der Waals surface area contributed by atoms with Gasteiger partial charge in [0.2, 0.25) is 0 Å². The Labute approximate surface area is 173 Å². The Balaban J connectivity index is 2.28. The standard InChI is InChI=1S/C17H14Cl2N2O8/c1-8(22)27-17(28-9(2)23)29-16(26)13-6-14(15(24)25)21(20-13)7-10-3-4-11(18)5-12(10)19/h3-6,17H,7H2,1-2H3,(H,24,25). The van der Waals surface area contributed by atoms with Gasteiger partial charge in [0.15, 0.2) is 5.69 Å². The van der Waals surface area contributed by atoms with Crippen molar-refractivity contribution in [2.75, 3.05) is 0 Å². The Kier molecular flexibility index (Phi) is 7.18. The first-order chi connectivity index (χ1) is 13.6. The third-order valence-corrected chi connectivity index (χ3v) is 3.86. The molecule has 2 rings (SSSR count). The number of ether oxygens (including phenoxy) is 3. The predicted molar refractivity (Wildman–Crippen MR) is 97.5 cm³/mol. The largest absolute Gasteiger partial charge is 0.477 e. The highest BCUT2D eigenvalue weighted by atomic mass is 35.5. The summed E-state index contributed by atoms with van der Waals surface area (Å²) in [6.07, 6.45) is 0. The molecule has 0 saturated carbocycles. The normalized spacial score (nSPS) is 10.5. The summed E-state index contributed by atoms with van der Waals surface area (Å²) in [6.45, 7) is -0.00133. The highest BCUT2D eigenvalue weighted by Gasteiger charge is 2.26. The fourth-order valence-corrected chi connectivity index (χ4v) is 2.58. The van der Waals surface area contributed by atoms with Crippen molar-refractivity contribution in [2.45, 2.75) is 26.9 Å². The Hall–Kier alpha value is -3.11. The Bertz CT molecular complexity index is 956. The van der Waals surface area contributed by atoms with Crippen LogP contribution in [0.15, 0.2) is 24.3 Å². The number of esters is 3. The van der Waals surface area contributed by atoms with Crippen LogP contribution in [-0.4, -0.2) is 45.2 Å². The second-order valence-corrected chi connectivity index (χ2v) is 6.37. The van der Waals surface area contributed by atoms with Crippen LogP contribution in [0.5, 0.6) is 0 Å². The van der Waals surface area contributed by atoms with Crippen molar-refractivity contribution in [1.29, 1.82) is 0 Å². The van der Waals surface area contributed by atoms with Crippen LogP contribution in [0.2, 0.25) is 10.0 Å². The number of carboxylic acids is 1. The summed E-state index contributed by atoms with van der Waals surface area (Å²) in [5.41, 5.74) is -0.254. The molecule has 29 heavy (non-hydrogen) atoms. The van der Waals surface area contributed by atoms with Gasteiger partial charge in [0, 0.05) is 30.0 Å². The van der Waals surface area contributed by atoms with Crippen molar-refractivity contribution in [2.24, 2.45) is 0 Å². The molecule has 1 N–H and O–H groups in total. The molecular formula is C17H14Cl2N2O8. The first kappa shape index (κ1) is 22.2. The zero-order chi connectivity index (χ0) is 21.7. The van der Waals surface area contributed by atoms with Crippen molar-refractivity contribution in [1.82, 2.24) is 9.78 Å². The zero-order valence-corrected chi connectivity index (χ0v) is 16.6. The number of rotatable bonds is 7. The number of nitrogens with zero attached hydrogens (tertiary/aromatic N) is 2. The number of hydrogen-bond donors (Lipinski definition) is 1. The second kappa shape index (κ2) is 9.39. The summed E-state index contributed by atoms with van der Waals surface area (Å²) in [6, 6.07) is 5.56. The molecule has 0 aliphatic carbocycles. The molecule has 1 aromatic carbocycles. The van der Waals surface area contributed by atoms with E-state index in [1.807, 2.05) is 0 Å². The number of halogens is 2. The van der Waals surface area contributed by atoms with E-state index in [-0.39, 0.29) is 17.3 Å². The van der Waals surface area contributed by atoms with Gasteiger partial charge >= 0.3 is 30.4 Å². The van der Waals surface area contributed by atoms with Crippen LogP contribution in [0.4, 0.5) is 0 Å². The van der Waals surface area contributed by atoms with Crippen LogP contribution in [0.25, 0.3) is 0 Å². The maximum Gasteiger partial charge on any atom is 0.413 e. The number of aromatic nitrogens is 2. The second-order valence-electron chi connectivity index (χ2n) is 5.53. The third-order valence-electron chi connectivity index (χ3n) is 3.27. The molecule has 1 heterocycles. The van der Waals surface area contributed by atoms with E-state index in [9.17, 15) is 24.3 Å². The molecular weight excluding hydrogens is 431 g/mol. The summed E-state index contributed by atoms with van der Waals surface area (Å²) in [5.74, 6) is -4.30. The third kappa shape index (κ3) is 6.19. The fraction of sp³-hybridized carbons (Fsp3) is 0.235. The smallest absolute Gasteiger partial charge is 0.413 e. The monoisotopic (exact) mass is 444 g/mol. The highest BCUT2D eigenvalue weighted by molar-refractivity contribution is 6.35. The Morgan fingerprint density at radius 2 is 1.69 bits per heavy atom. The molecule has 2 aromatic rings. The molecule has 0 atom stereocenters. The summed E-state index contributed by atoms with van der Waals surface area (Å²) >= 11 is 11.9. The molecule has 1 aromatic heterocycles. The molecule has 0 saturated heterocycles. The molecule has 0 unspecified atom stereocenters. The van der Waals surface area contributed by atoms with E-state index in [0.29, 0.717) is 10.6 Å². The molecule has 0 spiro atoms. The van der Waals surface area contributed by atoms with Gasteiger partial charge in [-0.3, -0.25) is 14.3 Å². The van der Waals surface area contributed by atoms with Crippen molar-refractivity contribution < 1.29 is 38.5 Å². The molecule has 0 aliphatic heterocycles. The maximum atomic E-state index is 12.3. The average molecular weight is 445 g/mol. The van der Waals surface area contributed by atoms with Crippen molar-refractivity contribution in [3.8, 4) is 0 Å². The van der Waals surface area contributed by atoms with E-state index in [4.69, 9.17) is 27.9 Å². The molecule has 154 valence electrons. The molecule has 0 aliphatic rings. The van der Waals surface area contributed by atoms with E-state index in [1.54, 1.807) is 12.1 Å². The van der Waals surface area contributed by atoms with Gasteiger partial charge in [-0.05, 0) is 17.7 Å². The summed E-state index contributed by atoms with van der Waals surface area (Å²) in [5, 5.41) is 13.9. The number of benzene rings is 1. The fourth-order valence-electron chi connectivity index (χ4n) is 2.11. The number of aromatic carboxylic acids is 1. The lowest BCUT2D eigenvalue weighted by Gasteiger charge is -2.15. The van der Waals surface area contributed by atoms with E-state index in [2.05, 4.69) is 14.6 Å². The number of carbonyl (C=O) groups excluding carboxylic acids is 3. The Morgan fingerprint density at radius 3 is 2.21 bits per heavy atom. The lowest BCUT2D eigenvalue weighted by atomic mass is 10.2. The van der Waals surface area contributed by atoms with E-state index < -0.39 is 36.0 Å². The van der Waals surface area contributed by atoms with E-state index in [1.165, 1.54) is 6.07 Å². The summed E-state index contributed by atoms with van der Waals surface area (Å²) in [4.78, 5) is 45.8. The van der Waals surface area contributed by atoms with Crippen LogP contribution >= 0.6 is 23.2 Å². The highest BCUT2D eigenvalue weighted by Crippen LogP contribution is 2.22. The quantitative estimate of drug-likeness (QED) is 0.504. The van der Waals surface area contributed by atoms with Gasteiger partial charge in [-0.25, -0.2) is 9.59 Å². The summed E-state index contributed by atoms with van der Waals surface area (Å²) in [7, 11) is 0. The van der Waals surface area contributed by atoms with E-state index >= 15 is 0 Å². The molecule has 0 radical (unpaired) electrons. The number of hydrogen-bond acceptors (Lipinski definition) is 8. The van der Waals surface area contributed by atoms with Crippen LogP contribution in [0.1, 0.15) is 40.4 Å². The van der Waals surface area contributed by atoms with Crippen LogP contribution in [0, 0.1) is 0 Å². The minimum absolute atomic E-state index is 0.0811. The lowest BCUT2D eigenvalue weighted by Crippen LogP contribution is -2.28. The Morgan fingerprint density at radius 1 is 1.07 bits per heavy atom. The molecule has 0 amide bonds. The number of carboxylic acid groups (broad SMARTS) is 1. The maximum absolute atomic E-state index is 12.3. The average Bonchev–Trinajstić information content (AvgIpc) is 3.00. The first-order valence-corrected chi connectivity index (χ1v) is 8.63. The van der Waals surface area contributed by atoms with Gasteiger partial charge in [-0.2, -0.15) is 5.10 Å². The predicted octanol–water partition coefficient (Wildman–Crippen LogP) is 2.50. The molecule has 10 nitrogen and oxygen atoms in total. The molecule has 0 fully saturated rings. The van der Waals surface area contributed by atoms with Gasteiger partial charge in [0.05, 0.1) is 6.54 Å². The SMILES string of the molecule is CC(=O)OC(OC(C)=O)OC(=O)c1cc(C(=O)O)n(Cc2ccc(Cl)cc2Cl)n1. The van der Waals surface area contributed by atoms with Gasteiger partial charge < -0.3 is 19.3 Å². The first-order valence-electron chi connectivity index (χ1n) is 7.87. The minimum atomic E-state index is -1.94. The van der Waals surface area contributed by atoms with Crippen molar-refractivity contribution in [3.63, 3.8) is 0 Å².